The Kier molecular flexibility index (Phi) is 6.42. The van der Waals surface area contributed by atoms with E-state index in [1.165, 1.54) is 16.7 Å². The van der Waals surface area contributed by atoms with Gasteiger partial charge in [0.1, 0.15) is 17.2 Å². The minimum atomic E-state index is -0.274. The van der Waals surface area contributed by atoms with Crippen molar-refractivity contribution < 1.29 is 19.1 Å². The molecule has 1 aromatic heterocycles. The molecule has 1 aliphatic heterocycles. The number of thioether (sulfide) groups is 1. The van der Waals surface area contributed by atoms with Gasteiger partial charge in [0.25, 0.3) is 5.91 Å². The lowest BCUT2D eigenvalue weighted by atomic mass is 10.2. The molecule has 0 bridgehead atoms. The van der Waals surface area contributed by atoms with Gasteiger partial charge in [-0.1, -0.05) is 30.0 Å². The first-order valence-corrected chi connectivity index (χ1v) is 10.8. The first kappa shape index (κ1) is 21.5. The summed E-state index contributed by atoms with van der Waals surface area (Å²) in [6, 6.07) is 18.0. The van der Waals surface area contributed by atoms with Crippen LogP contribution in [-0.4, -0.2) is 41.8 Å². The Balaban J connectivity index is 1.64. The predicted octanol–water partition coefficient (Wildman–Crippen LogP) is 4.39. The summed E-state index contributed by atoms with van der Waals surface area (Å²) in [6.07, 6.45) is 3.42. The Morgan fingerprint density at radius 2 is 1.84 bits per heavy atom. The SMILES string of the molecule is COc1ccc(C=C2N=C(SCC(=O)c3ccc[nH]3)N(c3cccc(OC)c3)C2=O)cc1. The van der Waals surface area contributed by atoms with E-state index >= 15 is 0 Å². The highest BCUT2D eigenvalue weighted by atomic mass is 32.2. The molecule has 2 heterocycles. The number of aromatic amines is 1. The molecule has 4 rings (SSSR count). The summed E-state index contributed by atoms with van der Waals surface area (Å²) in [5.41, 5.74) is 2.24. The second-order valence-corrected chi connectivity index (χ2v) is 7.78. The molecule has 0 saturated carbocycles. The number of nitrogens with one attached hydrogen (secondary N) is 1. The summed E-state index contributed by atoms with van der Waals surface area (Å²) in [4.78, 5) is 34.7. The molecule has 7 nitrogen and oxygen atoms in total. The van der Waals surface area contributed by atoms with Crippen LogP contribution in [0.15, 0.2) is 77.5 Å². The van der Waals surface area contributed by atoms with Crippen molar-refractivity contribution in [3.05, 3.63) is 83.8 Å². The average molecular weight is 448 g/mol. The minimum absolute atomic E-state index is 0.0756. The van der Waals surface area contributed by atoms with Crippen LogP contribution in [0.1, 0.15) is 16.1 Å². The molecular weight excluding hydrogens is 426 g/mol. The van der Waals surface area contributed by atoms with Gasteiger partial charge in [0, 0.05) is 12.3 Å². The Labute approximate surface area is 189 Å². The third kappa shape index (κ3) is 4.60. The minimum Gasteiger partial charge on any atom is -0.497 e. The van der Waals surface area contributed by atoms with Crippen LogP contribution in [0.3, 0.4) is 0 Å². The number of hydrogen-bond donors (Lipinski definition) is 1. The lowest BCUT2D eigenvalue weighted by Gasteiger charge is -2.18. The van der Waals surface area contributed by atoms with E-state index < -0.39 is 0 Å². The number of aromatic nitrogens is 1. The number of aliphatic imine (C=N–C) groups is 1. The van der Waals surface area contributed by atoms with Crippen molar-refractivity contribution in [3.8, 4) is 11.5 Å². The molecule has 0 unspecified atom stereocenters. The quantitative estimate of drug-likeness (QED) is 0.429. The van der Waals surface area contributed by atoms with Crippen LogP contribution in [0.4, 0.5) is 5.69 Å². The molecule has 1 amide bonds. The molecule has 32 heavy (non-hydrogen) atoms. The number of carbonyl (C=O) groups excluding carboxylic acids is 2. The van der Waals surface area contributed by atoms with Crippen LogP contribution >= 0.6 is 11.8 Å². The number of ether oxygens (including phenoxy) is 2. The smallest absolute Gasteiger partial charge is 0.283 e. The molecule has 0 atom stereocenters. The van der Waals surface area contributed by atoms with Crippen LogP contribution in [0, 0.1) is 0 Å². The molecule has 0 radical (unpaired) electrons. The number of methoxy groups -OCH3 is 2. The number of hydrogen-bond acceptors (Lipinski definition) is 6. The summed E-state index contributed by atoms with van der Waals surface area (Å²) >= 11 is 1.21. The van der Waals surface area contributed by atoms with Crippen LogP contribution in [0.2, 0.25) is 0 Å². The van der Waals surface area contributed by atoms with E-state index in [4.69, 9.17) is 9.47 Å². The van der Waals surface area contributed by atoms with Crippen LogP contribution < -0.4 is 14.4 Å². The summed E-state index contributed by atoms with van der Waals surface area (Å²) in [6.45, 7) is 0. The van der Waals surface area contributed by atoms with E-state index in [0.29, 0.717) is 22.3 Å². The number of nitrogens with zero attached hydrogens (tertiary/aromatic N) is 2. The molecule has 2 aromatic carbocycles. The number of ketones is 1. The maximum Gasteiger partial charge on any atom is 0.283 e. The van der Waals surface area contributed by atoms with Crippen molar-refractivity contribution in [1.29, 1.82) is 0 Å². The Hall–Kier alpha value is -3.78. The van der Waals surface area contributed by atoms with Gasteiger partial charge in [0.2, 0.25) is 0 Å². The zero-order valence-electron chi connectivity index (χ0n) is 17.6. The van der Waals surface area contributed by atoms with Crippen molar-refractivity contribution in [3.63, 3.8) is 0 Å². The third-order valence-corrected chi connectivity index (χ3v) is 5.73. The van der Waals surface area contributed by atoms with Gasteiger partial charge in [-0.3, -0.25) is 14.5 Å². The lowest BCUT2D eigenvalue weighted by Crippen LogP contribution is -2.30. The molecule has 0 fully saturated rings. The van der Waals surface area contributed by atoms with Gasteiger partial charge < -0.3 is 14.5 Å². The maximum absolute atomic E-state index is 13.3. The van der Waals surface area contributed by atoms with E-state index in [-0.39, 0.29) is 23.1 Å². The molecule has 162 valence electrons. The first-order chi connectivity index (χ1) is 15.6. The van der Waals surface area contributed by atoms with Gasteiger partial charge >= 0.3 is 0 Å². The monoisotopic (exact) mass is 447 g/mol. The molecular formula is C24H21N3O4S. The fourth-order valence-corrected chi connectivity index (χ4v) is 4.04. The second kappa shape index (κ2) is 9.57. The number of amidine groups is 1. The maximum atomic E-state index is 13.3. The number of benzene rings is 2. The van der Waals surface area contributed by atoms with E-state index in [1.54, 1.807) is 62.9 Å². The van der Waals surface area contributed by atoms with E-state index in [1.807, 2.05) is 24.3 Å². The van der Waals surface area contributed by atoms with E-state index in [9.17, 15) is 9.59 Å². The van der Waals surface area contributed by atoms with Crippen LogP contribution in [-0.2, 0) is 4.79 Å². The number of amides is 1. The summed E-state index contributed by atoms with van der Waals surface area (Å²) in [5.74, 6) is 1.14. The predicted molar refractivity (Wildman–Crippen MR) is 126 cm³/mol. The van der Waals surface area contributed by atoms with Gasteiger partial charge in [0.05, 0.1) is 31.4 Å². The number of anilines is 1. The van der Waals surface area contributed by atoms with Crippen LogP contribution in [0.5, 0.6) is 11.5 Å². The summed E-state index contributed by atoms with van der Waals surface area (Å²) in [5, 5.41) is 0.433. The topological polar surface area (TPSA) is 84.0 Å². The van der Waals surface area contributed by atoms with Gasteiger partial charge in [-0.15, -0.1) is 0 Å². The van der Waals surface area contributed by atoms with Gasteiger partial charge in [-0.25, -0.2) is 4.99 Å². The Bertz CT molecular complexity index is 1180. The lowest BCUT2D eigenvalue weighted by molar-refractivity contribution is -0.113. The van der Waals surface area contributed by atoms with Crippen molar-refractivity contribution >= 4 is 40.4 Å². The molecule has 1 aliphatic rings. The fraction of sp³-hybridized carbons (Fsp3) is 0.125. The highest BCUT2D eigenvalue weighted by Crippen LogP contribution is 2.31. The van der Waals surface area contributed by atoms with Crippen molar-refractivity contribution in [2.75, 3.05) is 24.9 Å². The Morgan fingerprint density at radius 3 is 2.53 bits per heavy atom. The zero-order chi connectivity index (χ0) is 22.5. The van der Waals surface area contributed by atoms with Crippen molar-refractivity contribution in [2.45, 2.75) is 0 Å². The first-order valence-electron chi connectivity index (χ1n) is 9.81. The van der Waals surface area contributed by atoms with Gasteiger partial charge in [-0.05, 0) is 48.0 Å². The number of rotatable bonds is 7. The fourth-order valence-electron chi connectivity index (χ4n) is 3.14. The molecule has 0 spiro atoms. The van der Waals surface area contributed by atoms with E-state index in [0.717, 1.165) is 11.3 Å². The average Bonchev–Trinajstić information content (AvgIpc) is 3.47. The molecule has 0 aliphatic carbocycles. The normalized spacial score (nSPS) is 14.6. The molecule has 3 aromatic rings. The number of Topliss-reactive ketones (excluding diaryl/α,β-unsaturated/α-hetero) is 1. The highest BCUT2D eigenvalue weighted by molar-refractivity contribution is 8.14. The van der Waals surface area contributed by atoms with Gasteiger partial charge in [0.15, 0.2) is 11.0 Å². The highest BCUT2D eigenvalue weighted by Gasteiger charge is 2.32. The molecule has 1 N–H and O–H groups in total. The summed E-state index contributed by atoms with van der Waals surface area (Å²) < 4.78 is 10.5. The standard InChI is InChI=1S/C24H21N3O4S/c1-30-18-10-8-16(9-11-18)13-21-23(29)27(17-5-3-6-19(14-17)31-2)24(26-21)32-15-22(28)20-7-4-12-25-20/h3-14,25H,15H2,1-2H3. The second-order valence-electron chi connectivity index (χ2n) is 6.83. The number of carbonyl (C=O) groups is 2. The van der Waals surface area contributed by atoms with Gasteiger partial charge in [-0.2, -0.15) is 0 Å². The zero-order valence-corrected chi connectivity index (χ0v) is 18.4. The molecule has 0 saturated heterocycles. The molecule has 8 heteroatoms. The third-order valence-electron chi connectivity index (χ3n) is 4.79. The summed E-state index contributed by atoms with van der Waals surface area (Å²) in [7, 11) is 3.17. The van der Waals surface area contributed by atoms with E-state index in [2.05, 4.69) is 9.98 Å². The van der Waals surface area contributed by atoms with Crippen molar-refractivity contribution in [1.82, 2.24) is 4.98 Å². The van der Waals surface area contributed by atoms with Crippen molar-refractivity contribution in [2.24, 2.45) is 4.99 Å². The van der Waals surface area contributed by atoms with Crippen LogP contribution in [0.25, 0.3) is 6.08 Å². The largest absolute Gasteiger partial charge is 0.497 e. The Morgan fingerprint density at radius 1 is 1.06 bits per heavy atom. The number of H-pyrrole nitrogens is 1.